The number of amides is 2. The minimum atomic E-state index is -0.697. The highest BCUT2D eigenvalue weighted by molar-refractivity contribution is 6.30. The molecule has 0 spiro atoms. The largest absolute Gasteiger partial charge is 0.466 e. The third-order valence-corrected chi connectivity index (χ3v) is 7.94. The van der Waals surface area contributed by atoms with E-state index in [4.69, 9.17) is 16.3 Å². The molecule has 0 saturated heterocycles. The Morgan fingerprint density at radius 3 is 2.41 bits per heavy atom. The number of carbonyl (C=O) groups is 2. The SMILES string of the molecule is CCc1ccccc1C1Oc2cc(Cl)ccc2C2C(C(=O)NCCc3ccccc3)c3ccccc3C(=O)N12. The van der Waals surface area contributed by atoms with Crippen LogP contribution < -0.4 is 10.1 Å². The van der Waals surface area contributed by atoms with Crippen molar-refractivity contribution in [3.05, 3.63) is 135 Å². The van der Waals surface area contributed by atoms with Crippen molar-refractivity contribution in [3.63, 3.8) is 0 Å². The van der Waals surface area contributed by atoms with Gasteiger partial charge in [0.25, 0.3) is 5.91 Å². The summed E-state index contributed by atoms with van der Waals surface area (Å²) in [5.74, 6) is -0.296. The highest BCUT2D eigenvalue weighted by Gasteiger charge is 2.51. The van der Waals surface area contributed by atoms with E-state index in [9.17, 15) is 9.59 Å². The van der Waals surface area contributed by atoms with Gasteiger partial charge in [0.1, 0.15) is 5.75 Å². The molecule has 6 rings (SSSR count). The lowest BCUT2D eigenvalue weighted by molar-refractivity contribution is -0.126. The first kappa shape index (κ1) is 25.2. The van der Waals surface area contributed by atoms with Crippen molar-refractivity contribution in [1.82, 2.24) is 10.2 Å². The van der Waals surface area contributed by atoms with Crippen molar-refractivity contribution in [1.29, 1.82) is 0 Å². The van der Waals surface area contributed by atoms with E-state index in [-0.39, 0.29) is 11.8 Å². The lowest BCUT2D eigenvalue weighted by atomic mass is 9.77. The maximum atomic E-state index is 14.2. The van der Waals surface area contributed by atoms with E-state index in [1.54, 1.807) is 23.1 Å². The molecule has 196 valence electrons. The Bertz CT molecular complexity index is 1540. The van der Waals surface area contributed by atoms with Gasteiger partial charge in [-0.1, -0.05) is 97.4 Å². The Labute approximate surface area is 233 Å². The molecule has 39 heavy (non-hydrogen) atoms. The summed E-state index contributed by atoms with van der Waals surface area (Å²) >= 11 is 6.40. The second-order valence-corrected chi connectivity index (χ2v) is 10.4. The average molecular weight is 537 g/mol. The Morgan fingerprint density at radius 1 is 0.897 bits per heavy atom. The molecule has 0 aliphatic carbocycles. The van der Waals surface area contributed by atoms with E-state index in [1.165, 1.54) is 0 Å². The first-order valence-electron chi connectivity index (χ1n) is 13.3. The number of hydrogen-bond donors (Lipinski definition) is 1. The smallest absolute Gasteiger partial charge is 0.257 e. The van der Waals surface area contributed by atoms with Gasteiger partial charge in [-0.05, 0) is 47.7 Å². The number of halogens is 1. The molecule has 3 unspecified atom stereocenters. The number of rotatable bonds is 6. The second kappa shape index (κ2) is 10.6. The van der Waals surface area contributed by atoms with Crippen molar-refractivity contribution < 1.29 is 14.3 Å². The molecule has 4 aromatic rings. The topological polar surface area (TPSA) is 58.6 Å². The molecule has 1 N–H and O–H groups in total. The van der Waals surface area contributed by atoms with Crippen molar-refractivity contribution >= 4 is 23.4 Å². The summed E-state index contributed by atoms with van der Waals surface area (Å²) in [7, 11) is 0. The Morgan fingerprint density at radius 2 is 1.62 bits per heavy atom. The molecule has 5 nitrogen and oxygen atoms in total. The number of nitrogens with zero attached hydrogens (tertiary/aromatic N) is 1. The molecule has 2 aliphatic heterocycles. The van der Waals surface area contributed by atoms with Crippen LogP contribution in [0.2, 0.25) is 5.02 Å². The lowest BCUT2D eigenvalue weighted by Gasteiger charge is -2.49. The number of hydrogen-bond acceptors (Lipinski definition) is 3. The summed E-state index contributed by atoms with van der Waals surface area (Å²) in [5, 5.41) is 3.70. The Balaban J connectivity index is 1.46. The molecule has 0 fully saturated rings. The van der Waals surface area contributed by atoms with Crippen LogP contribution in [0, 0.1) is 0 Å². The maximum Gasteiger partial charge on any atom is 0.257 e. The van der Waals surface area contributed by atoms with Crippen LogP contribution in [-0.4, -0.2) is 23.3 Å². The van der Waals surface area contributed by atoms with Crippen molar-refractivity contribution in [3.8, 4) is 5.75 Å². The fourth-order valence-corrected chi connectivity index (χ4v) is 6.01. The molecule has 0 aromatic heterocycles. The predicted octanol–water partition coefficient (Wildman–Crippen LogP) is 6.63. The molecule has 2 amide bonds. The van der Waals surface area contributed by atoms with E-state index < -0.39 is 18.2 Å². The monoisotopic (exact) mass is 536 g/mol. The van der Waals surface area contributed by atoms with Gasteiger partial charge >= 0.3 is 0 Å². The summed E-state index contributed by atoms with van der Waals surface area (Å²) in [5.41, 5.74) is 5.17. The Hall–Kier alpha value is -4.09. The quantitative estimate of drug-likeness (QED) is 0.301. The fourth-order valence-electron chi connectivity index (χ4n) is 5.85. The van der Waals surface area contributed by atoms with E-state index in [1.807, 2.05) is 60.7 Å². The van der Waals surface area contributed by atoms with Gasteiger partial charge in [-0.25, -0.2) is 0 Å². The van der Waals surface area contributed by atoms with Gasteiger partial charge < -0.3 is 10.1 Å². The summed E-state index contributed by atoms with van der Waals surface area (Å²) in [4.78, 5) is 30.0. The summed E-state index contributed by atoms with van der Waals surface area (Å²) < 4.78 is 6.55. The number of benzene rings is 4. The lowest BCUT2D eigenvalue weighted by Crippen LogP contribution is -2.52. The third kappa shape index (κ3) is 4.57. The highest BCUT2D eigenvalue weighted by Crippen LogP contribution is 2.53. The zero-order chi connectivity index (χ0) is 26.9. The van der Waals surface area contributed by atoms with Crippen LogP contribution in [0.15, 0.2) is 97.1 Å². The van der Waals surface area contributed by atoms with E-state index in [2.05, 4.69) is 30.4 Å². The maximum absolute atomic E-state index is 14.2. The molecular weight excluding hydrogens is 508 g/mol. The molecule has 4 aromatic carbocycles. The van der Waals surface area contributed by atoms with Gasteiger partial charge in [0, 0.05) is 28.3 Å². The van der Waals surface area contributed by atoms with E-state index in [0.717, 1.165) is 40.7 Å². The van der Waals surface area contributed by atoms with Crippen LogP contribution in [0.3, 0.4) is 0 Å². The summed E-state index contributed by atoms with van der Waals surface area (Å²) in [6.07, 6.45) is 0.805. The second-order valence-electron chi connectivity index (χ2n) is 9.95. The minimum absolute atomic E-state index is 0.119. The van der Waals surface area contributed by atoms with E-state index in [0.29, 0.717) is 22.9 Å². The molecule has 2 aliphatic rings. The molecule has 0 bridgehead atoms. The summed E-state index contributed by atoms with van der Waals surface area (Å²) in [6, 6.07) is 30.4. The van der Waals surface area contributed by atoms with Gasteiger partial charge in [-0.15, -0.1) is 0 Å². The number of nitrogens with one attached hydrogen (secondary N) is 1. The highest BCUT2D eigenvalue weighted by atomic mass is 35.5. The standard InChI is InChI=1S/C33H29ClN2O3/c1-2-22-12-6-7-13-24(22)33-36-30(27-17-16-23(34)20-28(27)39-33)29(25-14-8-9-15-26(25)32(36)38)31(37)35-19-18-21-10-4-3-5-11-21/h3-17,20,29-30,33H,2,18-19H2,1H3,(H,35,37). The zero-order valence-electron chi connectivity index (χ0n) is 21.6. The number of carbonyl (C=O) groups excluding carboxylic acids is 2. The average Bonchev–Trinajstić information content (AvgIpc) is 2.97. The van der Waals surface area contributed by atoms with Gasteiger partial charge in [0.05, 0.1) is 12.0 Å². The molecule has 6 heteroatoms. The van der Waals surface area contributed by atoms with Crippen LogP contribution in [0.4, 0.5) is 0 Å². The van der Waals surface area contributed by atoms with Crippen LogP contribution in [0.25, 0.3) is 0 Å². The van der Waals surface area contributed by atoms with Gasteiger partial charge in [-0.3, -0.25) is 14.5 Å². The summed E-state index contributed by atoms with van der Waals surface area (Å²) in [6.45, 7) is 2.58. The first-order valence-corrected chi connectivity index (χ1v) is 13.7. The van der Waals surface area contributed by atoms with Crippen molar-refractivity contribution in [2.45, 2.75) is 38.0 Å². The molecule has 3 atom stereocenters. The van der Waals surface area contributed by atoms with Gasteiger partial charge in [-0.2, -0.15) is 0 Å². The predicted molar refractivity (Wildman–Crippen MR) is 152 cm³/mol. The fraction of sp³-hybridized carbons (Fsp3) is 0.212. The van der Waals surface area contributed by atoms with Crippen LogP contribution in [0.5, 0.6) is 5.75 Å². The van der Waals surface area contributed by atoms with Crippen LogP contribution in [0.1, 0.15) is 63.3 Å². The number of ether oxygens (including phenoxy) is 1. The molecular formula is C33H29ClN2O3. The number of fused-ring (bicyclic) bond motifs is 4. The molecule has 0 radical (unpaired) electrons. The zero-order valence-corrected chi connectivity index (χ0v) is 22.4. The molecule has 2 heterocycles. The van der Waals surface area contributed by atoms with Gasteiger partial charge in [0.2, 0.25) is 12.1 Å². The first-order chi connectivity index (χ1) is 19.1. The number of aryl methyl sites for hydroxylation is 1. The third-order valence-electron chi connectivity index (χ3n) is 7.70. The van der Waals surface area contributed by atoms with Crippen LogP contribution in [-0.2, 0) is 17.6 Å². The van der Waals surface area contributed by atoms with Crippen LogP contribution >= 0.6 is 11.6 Å². The normalized spacial score (nSPS) is 19.4. The minimum Gasteiger partial charge on any atom is -0.466 e. The van der Waals surface area contributed by atoms with Crippen molar-refractivity contribution in [2.24, 2.45) is 0 Å². The van der Waals surface area contributed by atoms with Gasteiger partial charge in [0.15, 0.2) is 0 Å². The Kier molecular flexibility index (Phi) is 6.84. The van der Waals surface area contributed by atoms with E-state index >= 15 is 0 Å². The molecule has 0 saturated carbocycles. The van der Waals surface area contributed by atoms with Crippen molar-refractivity contribution in [2.75, 3.05) is 6.54 Å².